The van der Waals surface area contributed by atoms with Crippen molar-refractivity contribution in [1.29, 1.82) is 0 Å². The van der Waals surface area contributed by atoms with Gasteiger partial charge in [0.25, 0.3) is 0 Å². The molecule has 0 unspecified atom stereocenters. The van der Waals surface area contributed by atoms with Crippen LogP contribution in [0, 0.1) is 5.41 Å². The van der Waals surface area contributed by atoms with Crippen LogP contribution in [0.25, 0.3) is 0 Å². The Morgan fingerprint density at radius 2 is 2.06 bits per heavy atom. The van der Waals surface area contributed by atoms with Gasteiger partial charge in [-0.25, -0.2) is 4.79 Å². The Morgan fingerprint density at radius 3 is 2.53 bits per heavy atom. The van der Waals surface area contributed by atoms with E-state index in [0.29, 0.717) is 12.0 Å². The molecule has 2 atom stereocenters. The first-order valence-corrected chi connectivity index (χ1v) is 6.22. The SMILES string of the molecule is CC1(CCN2CC[C@](O)(C(=O)O)[C@@H](O)C2)CC1. The van der Waals surface area contributed by atoms with Crippen molar-refractivity contribution in [2.24, 2.45) is 5.41 Å². The van der Waals surface area contributed by atoms with Gasteiger partial charge in [-0.2, -0.15) is 0 Å². The summed E-state index contributed by atoms with van der Waals surface area (Å²) in [7, 11) is 0. The number of hydrogen-bond donors (Lipinski definition) is 3. The molecular weight excluding hydrogens is 222 g/mol. The highest BCUT2D eigenvalue weighted by Crippen LogP contribution is 2.48. The lowest BCUT2D eigenvalue weighted by molar-refractivity contribution is -0.181. The number of piperidine rings is 1. The van der Waals surface area contributed by atoms with E-state index in [4.69, 9.17) is 5.11 Å². The van der Waals surface area contributed by atoms with Crippen molar-refractivity contribution in [3.63, 3.8) is 0 Å². The minimum atomic E-state index is -1.96. The fraction of sp³-hybridized carbons (Fsp3) is 0.917. The van der Waals surface area contributed by atoms with Crippen LogP contribution in [-0.4, -0.2) is 57.5 Å². The van der Waals surface area contributed by atoms with Crippen LogP contribution < -0.4 is 0 Å². The van der Waals surface area contributed by atoms with E-state index in [1.165, 1.54) is 12.8 Å². The largest absolute Gasteiger partial charge is 0.479 e. The van der Waals surface area contributed by atoms with Crippen LogP contribution in [0.2, 0.25) is 0 Å². The molecule has 0 aromatic heterocycles. The minimum absolute atomic E-state index is 0.0974. The maximum Gasteiger partial charge on any atom is 0.338 e. The van der Waals surface area contributed by atoms with Gasteiger partial charge in [0.1, 0.15) is 6.10 Å². The molecule has 1 saturated carbocycles. The van der Waals surface area contributed by atoms with Gasteiger partial charge in [0.05, 0.1) is 0 Å². The third-order valence-corrected chi connectivity index (χ3v) is 4.30. The van der Waals surface area contributed by atoms with E-state index in [0.717, 1.165) is 13.0 Å². The Kier molecular flexibility index (Phi) is 3.18. The summed E-state index contributed by atoms with van der Waals surface area (Å²) in [6.07, 6.45) is 2.52. The normalized spacial score (nSPS) is 36.8. The number of hydrogen-bond acceptors (Lipinski definition) is 4. The average molecular weight is 243 g/mol. The highest BCUT2D eigenvalue weighted by atomic mass is 16.4. The smallest absolute Gasteiger partial charge is 0.338 e. The molecule has 2 fully saturated rings. The molecule has 0 spiro atoms. The molecule has 98 valence electrons. The van der Waals surface area contributed by atoms with Crippen molar-refractivity contribution in [1.82, 2.24) is 4.90 Å². The van der Waals surface area contributed by atoms with Crippen molar-refractivity contribution in [3.05, 3.63) is 0 Å². The number of carbonyl (C=O) groups is 1. The van der Waals surface area contributed by atoms with Crippen molar-refractivity contribution in [3.8, 4) is 0 Å². The van der Waals surface area contributed by atoms with E-state index in [1.54, 1.807) is 0 Å². The predicted molar refractivity (Wildman–Crippen MR) is 61.6 cm³/mol. The van der Waals surface area contributed by atoms with E-state index in [1.807, 2.05) is 4.90 Å². The van der Waals surface area contributed by atoms with Crippen LogP contribution in [0.4, 0.5) is 0 Å². The topological polar surface area (TPSA) is 81.0 Å². The monoisotopic (exact) mass is 243 g/mol. The minimum Gasteiger partial charge on any atom is -0.479 e. The van der Waals surface area contributed by atoms with Gasteiger partial charge in [-0.15, -0.1) is 0 Å². The van der Waals surface area contributed by atoms with Gasteiger partial charge in [0, 0.05) is 19.5 Å². The highest BCUT2D eigenvalue weighted by Gasteiger charge is 2.47. The standard InChI is InChI=1S/C12H21NO4/c1-11(2-3-11)4-6-13-7-5-12(17,10(15)16)9(14)8-13/h9,14,17H,2-8H2,1H3,(H,15,16)/t9-,12+/m0/s1. The van der Waals surface area contributed by atoms with Gasteiger partial charge in [-0.3, -0.25) is 0 Å². The molecule has 5 nitrogen and oxygen atoms in total. The number of aliphatic carboxylic acids is 1. The zero-order chi connectivity index (χ0) is 12.7. The fourth-order valence-corrected chi connectivity index (χ4v) is 2.33. The van der Waals surface area contributed by atoms with E-state index < -0.39 is 17.7 Å². The van der Waals surface area contributed by atoms with Crippen LogP contribution >= 0.6 is 0 Å². The number of likely N-dealkylation sites (tertiary alicyclic amines) is 1. The summed E-state index contributed by atoms with van der Waals surface area (Å²) in [5.74, 6) is -1.32. The lowest BCUT2D eigenvalue weighted by Crippen LogP contribution is -2.59. The zero-order valence-corrected chi connectivity index (χ0v) is 10.2. The Bertz CT molecular complexity index is 316. The van der Waals surface area contributed by atoms with Gasteiger partial charge >= 0.3 is 5.97 Å². The average Bonchev–Trinajstić information content (AvgIpc) is 2.99. The summed E-state index contributed by atoms with van der Waals surface area (Å²) in [5, 5.41) is 28.4. The number of carboxylic acid groups (broad SMARTS) is 1. The quantitative estimate of drug-likeness (QED) is 0.650. The molecule has 2 aliphatic rings. The Morgan fingerprint density at radius 1 is 1.41 bits per heavy atom. The Hall–Kier alpha value is -0.650. The molecule has 0 aromatic carbocycles. The molecule has 0 bridgehead atoms. The third-order valence-electron chi connectivity index (χ3n) is 4.30. The molecule has 0 aromatic rings. The molecule has 3 N–H and O–H groups in total. The number of β-amino-alcohol motifs (C(OH)–C–C–N with tert-alkyl or cyclic N) is 1. The van der Waals surface area contributed by atoms with E-state index in [-0.39, 0.29) is 13.0 Å². The summed E-state index contributed by atoms with van der Waals surface area (Å²) in [6, 6.07) is 0. The van der Waals surface area contributed by atoms with E-state index in [9.17, 15) is 15.0 Å². The van der Waals surface area contributed by atoms with Crippen LogP contribution in [0.5, 0.6) is 0 Å². The Labute approximate surface area is 101 Å². The molecule has 2 rings (SSSR count). The maximum absolute atomic E-state index is 10.9. The molecule has 1 aliphatic heterocycles. The van der Waals surface area contributed by atoms with Gasteiger partial charge in [-0.05, 0) is 31.2 Å². The maximum atomic E-state index is 10.9. The molecule has 0 amide bonds. The second-order valence-corrected chi connectivity index (χ2v) is 5.86. The molecular formula is C12H21NO4. The van der Waals surface area contributed by atoms with Crippen LogP contribution in [0.1, 0.15) is 32.6 Å². The number of aliphatic hydroxyl groups is 2. The summed E-state index contributed by atoms with van der Waals surface area (Å²) >= 11 is 0. The third kappa shape index (κ3) is 2.61. The first-order valence-electron chi connectivity index (χ1n) is 6.22. The number of nitrogens with zero attached hydrogens (tertiary/aromatic N) is 1. The van der Waals surface area contributed by atoms with Crippen molar-refractivity contribution < 1.29 is 20.1 Å². The van der Waals surface area contributed by atoms with Crippen LogP contribution in [0.3, 0.4) is 0 Å². The second-order valence-electron chi connectivity index (χ2n) is 5.86. The lowest BCUT2D eigenvalue weighted by atomic mass is 9.88. The summed E-state index contributed by atoms with van der Waals surface area (Å²) in [5.41, 5.74) is -1.49. The summed E-state index contributed by atoms with van der Waals surface area (Å²) in [4.78, 5) is 12.9. The van der Waals surface area contributed by atoms with Crippen LogP contribution in [-0.2, 0) is 4.79 Å². The lowest BCUT2D eigenvalue weighted by Gasteiger charge is -2.39. The van der Waals surface area contributed by atoms with Gasteiger partial charge in [0.15, 0.2) is 5.60 Å². The van der Waals surface area contributed by atoms with Gasteiger partial charge in [0.2, 0.25) is 0 Å². The number of carboxylic acids is 1. The van der Waals surface area contributed by atoms with Gasteiger partial charge in [-0.1, -0.05) is 6.92 Å². The molecule has 1 heterocycles. The van der Waals surface area contributed by atoms with Crippen molar-refractivity contribution in [2.45, 2.75) is 44.3 Å². The first kappa shape index (κ1) is 12.8. The van der Waals surface area contributed by atoms with Crippen molar-refractivity contribution >= 4 is 5.97 Å². The molecule has 17 heavy (non-hydrogen) atoms. The van der Waals surface area contributed by atoms with Crippen LogP contribution in [0.15, 0.2) is 0 Å². The fourth-order valence-electron chi connectivity index (χ4n) is 2.33. The summed E-state index contributed by atoms with van der Waals surface area (Å²) in [6.45, 7) is 3.92. The molecule has 5 heteroatoms. The predicted octanol–water partition coefficient (Wildman–Crippen LogP) is 0.0589. The van der Waals surface area contributed by atoms with E-state index in [2.05, 4.69) is 6.92 Å². The zero-order valence-electron chi connectivity index (χ0n) is 10.2. The molecule has 0 radical (unpaired) electrons. The number of aliphatic hydroxyl groups excluding tert-OH is 1. The summed E-state index contributed by atoms with van der Waals surface area (Å²) < 4.78 is 0. The Balaban J connectivity index is 1.84. The van der Waals surface area contributed by atoms with Gasteiger partial charge < -0.3 is 20.2 Å². The molecule has 1 saturated heterocycles. The molecule has 1 aliphatic carbocycles. The van der Waals surface area contributed by atoms with Crippen molar-refractivity contribution in [2.75, 3.05) is 19.6 Å². The first-order chi connectivity index (χ1) is 7.86. The van der Waals surface area contributed by atoms with E-state index >= 15 is 0 Å². The number of rotatable bonds is 4. The highest BCUT2D eigenvalue weighted by molar-refractivity contribution is 5.78. The second kappa shape index (κ2) is 4.23.